The van der Waals surface area contributed by atoms with Crippen molar-refractivity contribution in [1.29, 1.82) is 5.41 Å². The number of likely N-dealkylation sites (N-methyl/N-ethyl adjacent to an activating group) is 1. The summed E-state index contributed by atoms with van der Waals surface area (Å²) in [7, 11) is 0. The van der Waals surface area contributed by atoms with Gasteiger partial charge >= 0.3 is 17.1 Å². The summed E-state index contributed by atoms with van der Waals surface area (Å²) in [5.74, 6) is 0. The molecule has 4 heteroatoms. The molecule has 1 aromatic rings. The molecule has 0 saturated heterocycles. The van der Waals surface area contributed by atoms with Crippen LogP contribution in [0.3, 0.4) is 0 Å². The second-order valence-electron chi connectivity index (χ2n) is 5.66. The van der Waals surface area contributed by atoms with Gasteiger partial charge in [0.1, 0.15) is 0 Å². The van der Waals surface area contributed by atoms with Crippen LogP contribution in [0.4, 0.5) is 5.69 Å². The number of rotatable bonds is 2. The number of para-hydroxylation sites is 1. The van der Waals surface area contributed by atoms with E-state index in [4.69, 9.17) is 11.1 Å². The number of hydrogen-bond donors (Lipinski definition) is 1. The Morgan fingerprint density at radius 2 is 1.90 bits per heavy atom. The Bertz CT molecular complexity index is 503. The third-order valence-electron chi connectivity index (χ3n) is 3.16. The zero-order chi connectivity index (χ0) is 15.3. The van der Waals surface area contributed by atoms with Gasteiger partial charge in [-0.05, 0) is 25.1 Å². The fraction of sp³-hybridized carbons (Fsp3) is 0.412. The molecule has 2 N–H and O–H groups in total. The average Bonchev–Trinajstić information content (AvgIpc) is 2.61. The molecule has 0 aliphatic carbocycles. The van der Waals surface area contributed by atoms with Crippen molar-refractivity contribution in [2.45, 2.75) is 40.0 Å². The molecule has 1 aromatic carbocycles. The van der Waals surface area contributed by atoms with Gasteiger partial charge in [0, 0.05) is 11.4 Å². The molecule has 1 aliphatic rings. The van der Waals surface area contributed by atoms with E-state index in [1.165, 1.54) is 17.3 Å². The van der Waals surface area contributed by atoms with Crippen LogP contribution in [-0.2, 0) is 22.5 Å². The van der Waals surface area contributed by atoms with Gasteiger partial charge in [-0.3, -0.25) is 0 Å². The van der Waals surface area contributed by atoms with Gasteiger partial charge in [0.05, 0.1) is 0 Å². The molecule has 0 aromatic heterocycles. The molecule has 1 radical (unpaired) electrons. The summed E-state index contributed by atoms with van der Waals surface area (Å²) in [6.45, 7) is 13.4. The van der Waals surface area contributed by atoms with Crippen LogP contribution in [0.25, 0.3) is 5.73 Å². The van der Waals surface area contributed by atoms with Crippen LogP contribution in [-0.4, -0.2) is 12.3 Å². The normalized spacial score (nSPS) is 15.5. The summed E-state index contributed by atoms with van der Waals surface area (Å²) in [6.07, 6.45) is 1.50. The molecule has 21 heavy (non-hydrogen) atoms. The Morgan fingerprint density at radius 1 is 1.33 bits per heavy atom. The van der Waals surface area contributed by atoms with E-state index in [1.807, 2.05) is 0 Å². The van der Waals surface area contributed by atoms with Crippen LogP contribution >= 0.6 is 0 Å². The fourth-order valence-electron chi connectivity index (χ4n) is 2.38. The minimum Gasteiger partial charge on any atom is -0.702 e. The van der Waals surface area contributed by atoms with Crippen molar-refractivity contribution < 1.29 is 17.1 Å². The van der Waals surface area contributed by atoms with E-state index in [1.54, 1.807) is 13.8 Å². The van der Waals surface area contributed by atoms with E-state index in [0.717, 1.165) is 6.54 Å². The zero-order valence-corrected chi connectivity index (χ0v) is 14.4. The molecular formula is C17H25CuN3. The van der Waals surface area contributed by atoms with Crippen molar-refractivity contribution in [3.63, 3.8) is 0 Å². The van der Waals surface area contributed by atoms with Gasteiger partial charge in [0.2, 0.25) is 0 Å². The van der Waals surface area contributed by atoms with Crippen LogP contribution in [0, 0.1) is 12.0 Å². The first-order valence-corrected chi connectivity index (χ1v) is 6.95. The van der Waals surface area contributed by atoms with Crippen LogP contribution < -0.4 is 4.90 Å². The van der Waals surface area contributed by atoms with Crippen LogP contribution in [0.1, 0.15) is 40.2 Å². The summed E-state index contributed by atoms with van der Waals surface area (Å²) in [5, 5.41) is 6.83. The number of nitrogens with one attached hydrogen (secondary N) is 2. The van der Waals surface area contributed by atoms with Crippen LogP contribution in [0.2, 0.25) is 0 Å². The van der Waals surface area contributed by atoms with Gasteiger partial charge in [0.15, 0.2) is 0 Å². The molecule has 119 valence electrons. The maximum Gasteiger partial charge on any atom is 2.00 e. The topological polar surface area (TPSA) is 50.9 Å². The van der Waals surface area contributed by atoms with Gasteiger partial charge in [-0.15, -0.1) is 5.41 Å². The largest absolute Gasteiger partial charge is 2.00 e. The summed E-state index contributed by atoms with van der Waals surface area (Å²) < 4.78 is 0. The molecule has 3 nitrogen and oxygen atoms in total. The van der Waals surface area contributed by atoms with Crippen molar-refractivity contribution in [2.75, 3.05) is 11.4 Å². The minimum atomic E-state index is 0. The summed E-state index contributed by atoms with van der Waals surface area (Å²) in [4.78, 5) is 2.33. The molecule has 0 bridgehead atoms. The molecule has 0 atom stereocenters. The Balaban J connectivity index is 0.000000436. The maximum absolute atomic E-state index is 6.83. The van der Waals surface area contributed by atoms with Crippen molar-refractivity contribution >= 4 is 11.4 Å². The van der Waals surface area contributed by atoms with E-state index < -0.39 is 0 Å². The van der Waals surface area contributed by atoms with Crippen molar-refractivity contribution in [3.05, 3.63) is 53.9 Å². The second-order valence-corrected chi connectivity index (χ2v) is 5.66. The number of hydrogen-bond acceptors (Lipinski definition) is 2. The van der Waals surface area contributed by atoms with E-state index in [9.17, 15) is 0 Å². The van der Waals surface area contributed by atoms with Gasteiger partial charge in [0.25, 0.3) is 0 Å². The third kappa shape index (κ3) is 5.56. The number of anilines is 1. The maximum atomic E-state index is 6.83. The predicted octanol–water partition coefficient (Wildman–Crippen LogP) is 4.95. The van der Waals surface area contributed by atoms with E-state index in [0.29, 0.717) is 11.4 Å². The van der Waals surface area contributed by atoms with E-state index in [-0.39, 0.29) is 22.5 Å². The molecule has 0 unspecified atom stereocenters. The van der Waals surface area contributed by atoms with Crippen LogP contribution in [0.5, 0.6) is 0 Å². The van der Waals surface area contributed by atoms with E-state index in [2.05, 4.69) is 56.5 Å². The Morgan fingerprint density at radius 3 is 2.33 bits per heavy atom. The monoisotopic (exact) mass is 334 g/mol. The van der Waals surface area contributed by atoms with Gasteiger partial charge < -0.3 is 16.0 Å². The van der Waals surface area contributed by atoms with Gasteiger partial charge in [-0.1, -0.05) is 52.0 Å². The Labute approximate surface area is 139 Å². The number of benzene rings is 1. The summed E-state index contributed by atoms with van der Waals surface area (Å²) in [6, 6.07) is 8.65. The number of nitrogens with zero attached hydrogens (tertiary/aromatic N) is 1. The zero-order valence-electron chi connectivity index (χ0n) is 13.4. The number of fused-ring (bicyclic) bond motifs is 1. The quantitative estimate of drug-likeness (QED) is 0.464. The predicted molar refractivity (Wildman–Crippen MR) is 88.3 cm³/mol. The van der Waals surface area contributed by atoms with Gasteiger partial charge in [-0.2, -0.15) is 5.70 Å². The molecule has 0 saturated carbocycles. The fourth-order valence-corrected chi connectivity index (χ4v) is 2.38. The first kappa shape index (κ1) is 19.7. The SMILES string of the molecule is CC(=N)/C=C(/C)[NH-].CCN1[CH-]C(C)(C)c2ccccc21.[Cu+2]. The molecule has 0 spiro atoms. The van der Waals surface area contributed by atoms with E-state index >= 15 is 0 Å². The Kier molecular flexibility index (Phi) is 7.76. The standard InChI is InChI=1S/C12H16N.C5H9N2.Cu/c1-4-13-9-12(2,3)10-7-5-6-8-11(10)13;1-4(6)3-5(2)7;/h5-9H,4H2,1-3H3;3,6-7H,1-2H3;/q2*-1;+2/b;4-3-,7-5?;. The third-order valence-corrected chi connectivity index (χ3v) is 3.16. The molecular weight excluding hydrogens is 310 g/mol. The molecule has 0 fully saturated rings. The van der Waals surface area contributed by atoms with Crippen molar-refractivity contribution in [1.82, 2.24) is 0 Å². The van der Waals surface area contributed by atoms with Crippen molar-refractivity contribution in [3.8, 4) is 0 Å². The molecule has 2 rings (SSSR count). The number of allylic oxidation sites excluding steroid dienone is 2. The van der Waals surface area contributed by atoms with Crippen LogP contribution in [0.15, 0.2) is 36.0 Å². The van der Waals surface area contributed by atoms with Gasteiger partial charge in [-0.25, -0.2) is 6.54 Å². The first-order valence-electron chi connectivity index (χ1n) is 6.95. The van der Waals surface area contributed by atoms with Crippen molar-refractivity contribution in [2.24, 2.45) is 0 Å². The molecule has 1 aliphatic heterocycles. The second kappa shape index (κ2) is 8.26. The summed E-state index contributed by atoms with van der Waals surface area (Å²) >= 11 is 0. The first-order chi connectivity index (χ1) is 9.27. The smallest absolute Gasteiger partial charge is 0.702 e. The molecule has 1 heterocycles. The minimum absolute atomic E-state index is 0. The summed E-state index contributed by atoms with van der Waals surface area (Å²) in [5.41, 5.74) is 10.7. The average molecular weight is 335 g/mol. The Hall–Kier alpha value is -1.25. The molecule has 0 amide bonds.